The topological polar surface area (TPSA) is 64.6 Å². The van der Waals surface area contributed by atoms with Gasteiger partial charge in [0.05, 0.1) is 27.9 Å². The fourth-order valence-electron chi connectivity index (χ4n) is 3.40. The first kappa shape index (κ1) is 24.6. The van der Waals surface area contributed by atoms with E-state index in [1.165, 1.54) is 0 Å². The molecule has 1 atom stereocenters. The van der Waals surface area contributed by atoms with Crippen LogP contribution in [0.25, 0.3) is 0 Å². The van der Waals surface area contributed by atoms with Gasteiger partial charge >= 0.3 is 0 Å². The van der Waals surface area contributed by atoms with Crippen LogP contribution in [0.3, 0.4) is 0 Å². The minimum atomic E-state index is 0. The molecule has 8 heteroatoms. The van der Waals surface area contributed by atoms with Gasteiger partial charge in [-0.05, 0) is 19.8 Å². The van der Waals surface area contributed by atoms with Crippen molar-refractivity contribution in [3.05, 3.63) is 17.7 Å². The zero-order valence-corrected chi connectivity index (χ0v) is 19.9. The average Bonchev–Trinajstić information content (AvgIpc) is 3.17. The second-order valence-corrected chi connectivity index (χ2v) is 6.49. The van der Waals surface area contributed by atoms with Crippen LogP contribution in [-0.2, 0) is 11.2 Å². The molecule has 0 aromatic heterocycles. The molecule has 1 fully saturated rings. The quantitative estimate of drug-likeness (QED) is 0.315. The number of aliphatic imine (C=N–C) groups is 1. The van der Waals surface area contributed by atoms with E-state index in [0.29, 0.717) is 11.7 Å². The van der Waals surface area contributed by atoms with Gasteiger partial charge in [0.1, 0.15) is 17.2 Å². The fraction of sp³-hybridized carbons (Fsp3) is 0.650. The lowest BCUT2D eigenvalue weighted by atomic mass is 10.1. The standard InChI is InChI=1S/C20H33N3O4.HI/c1-6-27-14-15-8-10-23(13-15)20(21-2)22-9-7-17-18(25-4)11-16(24-3)12-19(17)26-5;/h11-12,15H,6-10,13-14H2,1-5H3,(H,21,22);1H. The molecular formula is C20H34IN3O4. The minimum absolute atomic E-state index is 0. The van der Waals surface area contributed by atoms with Crippen molar-refractivity contribution >= 4 is 29.9 Å². The van der Waals surface area contributed by atoms with E-state index in [9.17, 15) is 0 Å². The summed E-state index contributed by atoms with van der Waals surface area (Å²) in [7, 11) is 6.78. The van der Waals surface area contributed by atoms with E-state index >= 15 is 0 Å². The maximum Gasteiger partial charge on any atom is 0.193 e. The zero-order valence-electron chi connectivity index (χ0n) is 17.6. The summed E-state index contributed by atoms with van der Waals surface area (Å²) in [6, 6.07) is 3.76. The SMILES string of the molecule is CCOCC1CCN(C(=NC)NCCc2c(OC)cc(OC)cc2OC)C1.I. The second-order valence-electron chi connectivity index (χ2n) is 6.49. The molecule has 1 N–H and O–H groups in total. The largest absolute Gasteiger partial charge is 0.496 e. The maximum absolute atomic E-state index is 5.56. The third-order valence-corrected chi connectivity index (χ3v) is 4.83. The predicted octanol–water partition coefficient (Wildman–Crippen LogP) is 2.81. The molecular weight excluding hydrogens is 473 g/mol. The highest BCUT2D eigenvalue weighted by molar-refractivity contribution is 14.0. The molecule has 1 saturated heterocycles. The zero-order chi connectivity index (χ0) is 19.6. The summed E-state index contributed by atoms with van der Waals surface area (Å²) in [5, 5.41) is 3.46. The molecule has 0 radical (unpaired) electrons. The highest BCUT2D eigenvalue weighted by Gasteiger charge is 2.25. The molecule has 1 aromatic rings. The Balaban J connectivity index is 0.00000392. The Labute approximate surface area is 185 Å². The first-order valence-corrected chi connectivity index (χ1v) is 9.49. The van der Waals surface area contributed by atoms with Gasteiger partial charge in [-0.3, -0.25) is 4.99 Å². The van der Waals surface area contributed by atoms with E-state index in [1.54, 1.807) is 21.3 Å². The summed E-state index contributed by atoms with van der Waals surface area (Å²) >= 11 is 0. The molecule has 0 amide bonds. The molecule has 1 unspecified atom stereocenters. The van der Waals surface area contributed by atoms with Crippen LogP contribution < -0.4 is 19.5 Å². The van der Waals surface area contributed by atoms with Gasteiger partial charge in [0, 0.05) is 56.9 Å². The van der Waals surface area contributed by atoms with E-state index in [2.05, 4.69) is 15.2 Å². The average molecular weight is 507 g/mol. The normalized spacial score (nSPS) is 16.5. The number of ether oxygens (including phenoxy) is 4. The highest BCUT2D eigenvalue weighted by Crippen LogP contribution is 2.34. The number of nitrogens with one attached hydrogen (secondary N) is 1. The van der Waals surface area contributed by atoms with Gasteiger partial charge in [-0.15, -0.1) is 24.0 Å². The van der Waals surface area contributed by atoms with E-state index in [4.69, 9.17) is 18.9 Å². The minimum Gasteiger partial charge on any atom is -0.496 e. The monoisotopic (exact) mass is 507 g/mol. The third kappa shape index (κ3) is 6.58. The third-order valence-electron chi connectivity index (χ3n) is 4.83. The molecule has 160 valence electrons. The number of guanidine groups is 1. The van der Waals surface area contributed by atoms with Gasteiger partial charge in [-0.25, -0.2) is 0 Å². The smallest absolute Gasteiger partial charge is 0.193 e. The predicted molar refractivity (Wildman–Crippen MR) is 123 cm³/mol. The molecule has 1 aliphatic rings. The molecule has 28 heavy (non-hydrogen) atoms. The van der Waals surface area contributed by atoms with Gasteiger partial charge in [-0.2, -0.15) is 0 Å². The van der Waals surface area contributed by atoms with Crippen LogP contribution >= 0.6 is 24.0 Å². The van der Waals surface area contributed by atoms with Crippen molar-refractivity contribution in [2.24, 2.45) is 10.9 Å². The van der Waals surface area contributed by atoms with Crippen LogP contribution in [0, 0.1) is 5.92 Å². The van der Waals surface area contributed by atoms with Crippen molar-refractivity contribution in [2.75, 3.05) is 61.2 Å². The number of nitrogens with zero attached hydrogens (tertiary/aromatic N) is 2. The van der Waals surface area contributed by atoms with Crippen LogP contribution in [0.5, 0.6) is 17.2 Å². The van der Waals surface area contributed by atoms with Crippen LogP contribution in [0.2, 0.25) is 0 Å². The number of likely N-dealkylation sites (tertiary alicyclic amines) is 1. The lowest BCUT2D eigenvalue weighted by Gasteiger charge is -2.22. The molecule has 0 bridgehead atoms. The van der Waals surface area contributed by atoms with E-state index in [0.717, 1.165) is 68.7 Å². The molecule has 0 aliphatic carbocycles. The van der Waals surface area contributed by atoms with Gasteiger partial charge in [0.2, 0.25) is 0 Å². The van der Waals surface area contributed by atoms with Gasteiger partial charge in [0.25, 0.3) is 0 Å². The number of methoxy groups -OCH3 is 3. The van der Waals surface area contributed by atoms with Crippen LogP contribution in [0.15, 0.2) is 17.1 Å². The number of rotatable bonds is 9. The van der Waals surface area contributed by atoms with Crippen molar-refractivity contribution in [2.45, 2.75) is 19.8 Å². The van der Waals surface area contributed by atoms with Crippen LogP contribution in [0.4, 0.5) is 0 Å². The Morgan fingerprint density at radius 1 is 1.18 bits per heavy atom. The van der Waals surface area contributed by atoms with Crippen LogP contribution in [0.1, 0.15) is 18.9 Å². The number of halogens is 1. The Kier molecular flexibility index (Phi) is 11.4. The molecule has 0 spiro atoms. The maximum atomic E-state index is 5.56. The summed E-state index contributed by atoms with van der Waals surface area (Å²) in [5.41, 5.74) is 1.01. The van der Waals surface area contributed by atoms with Crippen molar-refractivity contribution in [3.8, 4) is 17.2 Å². The Morgan fingerprint density at radius 3 is 2.39 bits per heavy atom. The molecule has 7 nitrogen and oxygen atoms in total. The second kappa shape index (κ2) is 12.9. The van der Waals surface area contributed by atoms with Crippen LogP contribution in [-0.4, -0.2) is 72.1 Å². The Morgan fingerprint density at radius 2 is 1.86 bits per heavy atom. The lowest BCUT2D eigenvalue weighted by molar-refractivity contribution is 0.114. The van der Waals surface area contributed by atoms with Crippen molar-refractivity contribution in [1.82, 2.24) is 10.2 Å². The first-order valence-electron chi connectivity index (χ1n) is 9.49. The Hall–Kier alpha value is -1.42. The summed E-state index contributed by atoms with van der Waals surface area (Å²) in [4.78, 5) is 6.73. The highest BCUT2D eigenvalue weighted by atomic mass is 127. The van der Waals surface area contributed by atoms with E-state index in [1.807, 2.05) is 26.1 Å². The number of benzene rings is 1. The van der Waals surface area contributed by atoms with Crippen molar-refractivity contribution in [1.29, 1.82) is 0 Å². The molecule has 1 heterocycles. The van der Waals surface area contributed by atoms with E-state index in [-0.39, 0.29) is 24.0 Å². The summed E-state index contributed by atoms with van der Waals surface area (Å²) in [6.07, 6.45) is 1.90. The molecule has 0 saturated carbocycles. The number of hydrogen-bond acceptors (Lipinski definition) is 5. The van der Waals surface area contributed by atoms with Crippen molar-refractivity contribution in [3.63, 3.8) is 0 Å². The fourth-order valence-corrected chi connectivity index (χ4v) is 3.40. The van der Waals surface area contributed by atoms with Gasteiger partial charge < -0.3 is 29.2 Å². The summed E-state index contributed by atoms with van der Waals surface area (Å²) < 4.78 is 21.9. The number of hydrogen-bond donors (Lipinski definition) is 1. The molecule has 2 rings (SSSR count). The van der Waals surface area contributed by atoms with E-state index < -0.39 is 0 Å². The molecule has 1 aliphatic heterocycles. The summed E-state index contributed by atoms with van der Waals surface area (Å²) in [5.74, 6) is 3.75. The van der Waals surface area contributed by atoms with Gasteiger partial charge in [0.15, 0.2) is 5.96 Å². The summed E-state index contributed by atoms with van der Waals surface area (Å²) in [6.45, 7) is 6.36. The van der Waals surface area contributed by atoms with Gasteiger partial charge in [-0.1, -0.05) is 0 Å². The Bertz CT molecular complexity index is 602. The lowest BCUT2D eigenvalue weighted by Crippen LogP contribution is -2.41. The first-order chi connectivity index (χ1) is 13.2. The van der Waals surface area contributed by atoms with Crippen molar-refractivity contribution < 1.29 is 18.9 Å². The molecule has 1 aromatic carbocycles.